The highest BCUT2D eigenvalue weighted by Crippen LogP contribution is 2.42. The van der Waals surface area contributed by atoms with Crippen LogP contribution in [0.4, 0.5) is 0 Å². The smallest absolute Gasteiger partial charge is 0.120 e. The maximum Gasteiger partial charge on any atom is 0.120 e. The number of aldehydes is 1. The molecule has 0 heterocycles. The fourth-order valence-corrected chi connectivity index (χ4v) is 1.19. The van der Waals surface area contributed by atoms with Gasteiger partial charge in [0.1, 0.15) is 6.29 Å². The molecule has 0 fully saturated rings. The van der Waals surface area contributed by atoms with E-state index in [1.165, 1.54) is 0 Å². The predicted octanol–water partition coefficient (Wildman–Crippen LogP) is 4.40. The van der Waals surface area contributed by atoms with E-state index in [-0.39, 0.29) is 16.2 Å². The summed E-state index contributed by atoms with van der Waals surface area (Å²) in [5.74, 6) is 0. The SMILES string of the molecule is C=CC(C)(C)C=CC(C)(C)C(C)(C)CC=O. The Morgan fingerprint density at radius 3 is 1.88 bits per heavy atom. The second-order valence-corrected chi connectivity index (χ2v) is 6.34. The van der Waals surface area contributed by atoms with E-state index in [9.17, 15) is 4.79 Å². The summed E-state index contributed by atoms with van der Waals surface area (Å²) in [7, 11) is 0. The third-order valence-corrected chi connectivity index (χ3v) is 3.79. The molecule has 0 bridgehead atoms. The van der Waals surface area contributed by atoms with Crippen LogP contribution in [-0.2, 0) is 4.79 Å². The van der Waals surface area contributed by atoms with Gasteiger partial charge < -0.3 is 4.79 Å². The normalized spacial score (nSPS) is 14.1. The van der Waals surface area contributed by atoms with E-state index in [2.05, 4.69) is 60.3 Å². The van der Waals surface area contributed by atoms with Crippen molar-refractivity contribution in [1.29, 1.82) is 0 Å². The molecule has 16 heavy (non-hydrogen) atoms. The van der Waals surface area contributed by atoms with Crippen LogP contribution in [0.25, 0.3) is 0 Å². The highest BCUT2D eigenvalue weighted by atomic mass is 16.1. The summed E-state index contributed by atoms with van der Waals surface area (Å²) in [6.45, 7) is 16.7. The largest absolute Gasteiger partial charge is 0.303 e. The van der Waals surface area contributed by atoms with Crippen LogP contribution in [0.2, 0.25) is 0 Å². The summed E-state index contributed by atoms with van der Waals surface area (Å²) < 4.78 is 0. The third-order valence-electron chi connectivity index (χ3n) is 3.79. The minimum atomic E-state index is -0.0253. The minimum absolute atomic E-state index is 0.00576. The molecule has 0 aromatic heterocycles. The molecule has 92 valence electrons. The topological polar surface area (TPSA) is 17.1 Å². The molecule has 1 nitrogen and oxygen atoms in total. The molecule has 0 rings (SSSR count). The van der Waals surface area contributed by atoms with Gasteiger partial charge in [0.15, 0.2) is 0 Å². The molecule has 0 saturated heterocycles. The second kappa shape index (κ2) is 4.99. The Morgan fingerprint density at radius 1 is 1.00 bits per heavy atom. The average molecular weight is 222 g/mol. The zero-order valence-corrected chi connectivity index (χ0v) is 11.6. The van der Waals surface area contributed by atoms with Crippen LogP contribution >= 0.6 is 0 Å². The van der Waals surface area contributed by atoms with Gasteiger partial charge in [0.25, 0.3) is 0 Å². The van der Waals surface area contributed by atoms with Crippen molar-refractivity contribution in [2.24, 2.45) is 16.2 Å². The van der Waals surface area contributed by atoms with Gasteiger partial charge in [0.2, 0.25) is 0 Å². The minimum Gasteiger partial charge on any atom is -0.303 e. The van der Waals surface area contributed by atoms with Crippen molar-refractivity contribution in [1.82, 2.24) is 0 Å². The lowest BCUT2D eigenvalue weighted by Gasteiger charge is -2.39. The molecule has 0 N–H and O–H groups in total. The van der Waals surface area contributed by atoms with E-state index >= 15 is 0 Å². The first-order valence-electron chi connectivity index (χ1n) is 5.86. The molecular weight excluding hydrogens is 196 g/mol. The van der Waals surface area contributed by atoms with Crippen LogP contribution in [0.3, 0.4) is 0 Å². The zero-order chi connectivity index (χ0) is 13.0. The van der Waals surface area contributed by atoms with Crippen molar-refractivity contribution in [3.05, 3.63) is 24.8 Å². The number of rotatable bonds is 6. The van der Waals surface area contributed by atoms with E-state index < -0.39 is 0 Å². The van der Waals surface area contributed by atoms with Gasteiger partial charge in [0.05, 0.1) is 0 Å². The van der Waals surface area contributed by atoms with Crippen molar-refractivity contribution in [2.45, 2.75) is 48.0 Å². The zero-order valence-electron chi connectivity index (χ0n) is 11.6. The fourth-order valence-electron chi connectivity index (χ4n) is 1.19. The molecule has 0 saturated carbocycles. The Balaban J connectivity index is 4.94. The average Bonchev–Trinajstić information content (AvgIpc) is 2.15. The lowest BCUT2D eigenvalue weighted by atomic mass is 9.65. The molecule has 0 aliphatic carbocycles. The molecule has 0 aromatic carbocycles. The Kier molecular flexibility index (Phi) is 4.72. The molecule has 0 unspecified atom stereocenters. The van der Waals surface area contributed by atoms with Gasteiger partial charge in [-0.3, -0.25) is 0 Å². The van der Waals surface area contributed by atoms with Crippen LogP contribution in [0.15, 0.2) is 24.8 Å². The van der Waals surface area contributed by atoms with Crippen LogP contribution < -0.4 is 0 Å². The number of carbonyl (C=O) groups excluding carboxylic acids is 1. The number of allylic oxidation sites excluding steroid dienone is 3. The summed E-state index contributed by atoms with van der Waals surface area (Å²) in [6.07, 6.45) is 7.91. The quantitative estimate of drug-likeness (QED) is 0.481. The van der Waals surface area contributed by atoms with Crippen molar-refractivity contribution in [3.8, 4) is 0 Å². The van der Waals surface area contributed by atoms with Gasteiger partial charge in [-0.15, -0.1) is 6.58 Å². The van der Waals surface area contributed by atoms with Crippen molar-refractivity contribution in [3.63, 3.8) is 0 Å². The van der Waals surface area contributed by atoms with Crippen molar-refractivity contribution in [2.75, 3.05) is 0 Å². The van der Waals surface area contributed by atoms with E-state index in [1.807, 2.05) is 6.08 Å². The first kappa shape index (κ1) is 15.2. The highest BCUT2D eigenvalue weighted by Gasteiger charge is 2.34. The number of hydrogen-bond acceptors (Lipinski definition) is 1. The second-order valence-electron chi connectivity index (χ2n) is 6.34. The Labute approximate surface area is 101 Å². The maximum absolute atomic E-state index is 10.7. The van der Waals surface area contributed by atoms with Gasteiger partial charge >= 0.3 is 0 Å². The summed E-state index contributed by atoms with van der Waals surface area (Å²) in [6, 6.07) is 0. The van der Waals surface area contributed by atoms with E-state index in [4.69, 9.17) is 0 Å². The highest BCUT2D eigenvalue weighted by molar-refractivity contribution is 5.51. The maximum atomic E-state index is 10.7. The number of hydrogen-bond donors (Lipinski definition) is 0. The monoisotopic (exact) mass is 222 g/mol. The van der Waals surface area contributed by atoms with Crippen molar-refractivity contribution >= 4 is 6.29 Å². The van der Waals surface area contributed by atoms with Gasteiger partial charge in [-0.25, -0.2) is 0 Å². The van der Waals surface area contributed by atoms with E-state index in [0.29, 0.717) is 6.42 Å². The molecule has 0 spiro atoms. The lowest BCUT2D eigenvalue weighted by molar-refractivity contribution is -0.110. The Hall–Kier alpha value is -0.850. The molecule has 0 aromatic rings. The predicted molar refractivity (Wildman–Crippen MR) is 71.4 cm³/mol. The number of carbonyl (C=O) groups is 1. The molecular formula is C15H26O. The Bertz CT molecular complexity index is 280. The molecule has 1 heteroatoms. The van der Waals surface area contributed by atoms with Gasteiger partial charge in [-0.1, -0.05) is 59.8 Å². The summed E-state index contributed by atoms with van der Waals surface area (Å²) in [4.78, 5) is 10.7. The molecule has 0 atom stereocenters. The summed E-state index contributed by atoms with van der Waals surface area (Å²) in [5.41, 5.74) is -0.0226. The molecule has 0 amide bonds. The summed E-state index contributed by atoms with van der Waals surface area (Å²) >= 11 is 0. The fraction of sp³-hybridized carbons (Fsp3) is 0.667. The van der Waals surface area contributed by atoms with E-state index in [1.54, 1.807) is 0 Å². The van der Waals surface area contributed by atoms with Crippen LogP contribution in [-0.4, -0.2) is 6.29 Å². The van der Waals surface area contributed by atoms with Crippen LogP contribution in [0, 0.1) is 16.2 Å². The molecule has 0 aliphatic rings. The molecule has 0 aliphatic heterocycles. The van der Waals surface area contributed by atoms with Crippen LogP contribution in [0.1, 0.15) is 48.0 Å². The van der Waals surface area contributed by atoms with E-state index in [0.717, 1.165) is 6.29 Å². The van der Waals surface area contributed by atoms with Crippen molar-refractivity contribution < 1.29 is 4.79 Å². The summed E-state index contributed by atoms with van der Waals surface area (Å²) in [5, 5.41) is 0. The van der Waals surface area contributed by atoms with Gasteiger partial charge in [-0.05, 0) is 10.8 Å². The lowest BCUT2D eigenvalue weighted by Crippen LogP contribution is -2.31. The first-order valence-corrected chi connectivity index (χ1v) is 5.86. The first-order chi connectivity index (χ1) is 7.08. The molecule has 0 radical (unpaired) electrons. The third kappa shape index (κ3) is 3.96. The van der Waals surface area contributed by atoms with Gasteiger partial charge in [-0.2, -0.15) is 0 Å². The standard InChI is InChI=1S/C15H26O/c1-8-13(2,3)9-10-14(4,5)15(6,7)11-12-16/h8-10,12H,1,11H2,2-7H3. The van der Waals surface area contributed by atoms with Crippen LogP contribution in [0.5, 0.6) is 0 Å². The van der Waals surface area contributed by atoms with Gasteiger partial charge in [0, 0.05) is 11.8 Å². The Morgan fingerprint density at radius 2 is 1.50 bits per heavy atom.